The zero-order valence-electron chi connectivity index (χ0n) is 15.3. The van der Waals surface area contributed by atoms with Crippen LogP contribution < -0.4 is 10.1 Å². The highest BCUT2D eigenvalue weighted by atomic mass is 19.4. The van der Waals surface area contributed by atoms with E-state index < -0.39 is 6.36 Å². The molecule has 28 heavy (non-hydrogen) atoms. The minimum Gasteiger partial charge on any atom is -0.405 e. The highest BCUT2D eigenvalue weighted by molar-refractivity contribution is 5.52. The van der Waals surface area contributed by atoms with Crippen LogP contribution >= 0.6 is 0 Å². The Bertz CT molecular complexity index is 942. The minimum atomic E-state index is -4.76. The molecule has 1 aromatic carbocycles. The Balaban J connectivity index is 1.77. The summed E-state index contributed by atoms with van der Waals surface area (Å²) in [6, 6.07) is 7.51. The van der Waals surface area contributed by atoms with E-state index in [9.17, 15) is 18.4 Å². The van der Waals surface area contributed by atoms with Gasteiger partial charge in [0.05, 0.1) is 12.7 Å². The molecule has 0 aliphatic carbocycles. The SMILES string of the molecule is CC(C)N(O)Cc1cnn2ccc(NCc3ccccc3OC(F)(F)F)nc12. The lowest BCUT2D eigenvalue weighted by Gasteiger charge is -2.17. The third kappa shape index (κ3) is 4.90. The first-order valence-electron chi connectivity index (χ1n) is 8.59. The Kier molecular flexibility index (Phi) is 5.71. The second-order valence-corrected chi connectivity index (χ2v) is 6.45. The predicted octanol–water partition coefficient (Wildman–Crippen LogP) is 3.84. The normalized spacial score (nSPS) is 12.1. The monoisotopic (exact) mass is 395 g/mol. The van der Waals surface area contributed by atoms with E-state index in [1.807, 2.05) is 13.8 Å². The van der Waals surface area contributed by atoms with Gasteiger partial charge in [0.2, 0.25) is 0 Å². The number of benzene rings is 1. The van der Waals surface area contributed by atoms with Crippen LogP contribution in [0.2, 0.25) is 0 Å². The zero-order chi connectivity index (χ0) is 20.3. The van der Waals surface area contributed by atoms with Crippen molar-refractivity contribution in [2.24, 2.45) is 0 Å². The summed E-state index contributed by atoms with van der Waals surface area (Å²) in [5, 5.41) is 18.3. The number of hydroxylamine groups is 2. The molecule has 0 radical (unpaired) electrons. The summed E-state index contributed by atoms with van der Waals surface area (Å²) in [5.74, 6) is 0.201. The van der Waals surface area contributed by atoms with Crippen LogP contribution in [0.25, 0.3) is 5.65 Å². The van der Waals surface area contributed by atoms with Crippen LogP contribution in [0.4, 0.5) is 19.0 Å². The number of fused-ring (bicyclic) bond motifs is 1. The van der Waals surface area contributed by atoms with Crippen molar-refractivity contribution in [1.82, 2.24) is 19.7 Å². The number of hydrogen-bond donors (Lipinski definition) is 2. The fraction of sp³-hybridized carbons (Fsp3) is 0.333. The van der Waals surface area contributed by atoms with E-state index >= 15 is 0 Å². The lowest BCUT2D eigenvalue weighted by molar-refractivity contribution is -0.274. The van der Waals surface area contributed by atoms with Crippen molar-refractivity contribution in [1.29, 1.82) is 0 Å². The highest BCUT2D eigenvalue weighted by Crippen LogP contribution is 2.26. The molecule has 2 aromatic heterocycles. The number of anilines is 1. The summed E-state index contributed by atoms with van der Waals surface area (Å²) in [4.78, 5) is 4.46. The summed E-state index contributed by atoms with van der Waals surface area (Å²) >= 11 is 0. The first-order valence-corrected chi connectivity index (χ1v) is 8.59. The molecule has 0 unspecified atom stereocenters. The quantitative estimate of drug-likeness (QED) is 0.592. The first-order chi connectivity index (χ1) is 13.2. The number of nitrogens with zero attached hydrogens (tertiary/aromatic N) is 4. The second kappa shape index (κ2) is 8.03. The molecule has 150 valence electrons. The molecule has 0 amide bonds. The number of aromatic nitrogens is 3. The van der Waals surface area contributed by atoms with Crippen molar-refractivity contribution in [3.8, 4) is 5.75 Å². The molecule has 0 saturated carbocycles. The smallest absolute Gasteiger partial charge is 0.405 e. The minimum absolute atomic E-state index is 0.0682. The Hall–Kier alpha value is -2.85. The van der Waals surface area contributed by atoms with Crippen molar-refractivity contribution in [3.63, 3.8) is 0 Å². The maximum atomic E-state index is 12.5. The Morgan fingerprint density at radius 1 is 1.21 bits per heavy atom. The molecular weight excluding hydrogens is 375 g/mol. The Morgan fingerprint density at radius 3 is 2.68 bits per heavy atom. The van der Waals surface area contributed by atoms with Crippen LogP contribution in [-0.4, -0.2) is 37.3 Å². The second-order valence-electron chi connectivity index (χ2n) is 6.45. The summed E-state index contributed by atoms with van der Waals surface area (Å²) in [7, 11) is 0. The molecule has 0 bridgehead atoms. The van der Waals surface area contributed by atoms with E-state index in [0.717, 1.165) is 5.56 Å². The van der Waals surface area contributed by atoms with Crippen LogP contribution in [0.5, 0.6) is 5.75 Å². The standard InChI is InChI=1S/C18H20F3N5O2/c1-12(2)26(27)11-14-10-23-25-8-7-16(24-17(14)25)22-9-13-5-3-4-6-15(13)28-18(19,20)21/h3-8,10,12,27H,9,11H2,1-2H3,(H,22,24). The summed E-state index contributed by atoms with van der Waals surface area (Å²) < 4.78 is 43.2. The molecule has 3 aromatic rings. The number of ether oxygens (including phenoxy) is 1. The molecule has 0 atom stereocenters. The van der Waals surface area contributed by atoms with Gasteiger partial charge in [-0.1, -0.05) is 18.2 Å². The molecular formula is C18H20F3N5O2. The predicted molar refractivity (Wildman–Crippen MR) is 95.9 cm³/mol. The first kappa shape index (κ1) is 19.9. The average molecular weight is 395 g/mol. The molecule has 0 aliphatic heterocycles. The fourth-order valence-corrected chi connectivity index (χ4v) is 2.54. The van der Waals surface area contributed by atoms with Gasteiger partial charge in [-0.15, -0.1) is 13.2 Å². The summed E-state index contributed by atoms with van der Waals surface area (Å²) in [6.07, 6.45) is -1.46. The summed E-state index contributed by atoms with van der Waals surface area (Å²) in [6.45, 7) is 4.05. The van der Waals surface area contributed by atoms with E-state index in [2.05, 4.69) is 20.1 Å². The average Bonchev–Trinajstić information content (AvgIpc) is 3.02. The van der Waals surface area contributed by atoms with Crippen molar-refractivity contribution in [3.05, 3.63) is 53.9 Å². The zero-order valence-corrected chi connectivity index (χ0v) is 15.3. The number of halogens is 3. The van der Waals surface area contributed by atoms with E-state index in [0.29, 0.717) is 17.0 Å². The number of para-hydroxylation sites is 1. The van der Waals surface area contributed by atoms with Gasteiger partial charge in [-0.05, 0) is 26.0 Å². The fourth-order valence-electron chi connectivity index (χ4n) is 2.54. The lowest BCUT2D eigenvalue weighted by Crippen LogP contribution is -2.26. The third-order valence-corrected chi connectivity index (χ3v) is 4.03. The third-order valence-electron chi connectivity index (χ3n) is 4.03. The number of hydrogen-bond acceptors (Lipinski definition) is 6. The molecule has 2 N–H and O–H groups in total. The van der Waals surface area contributed by atoms with Crippen LogP contribution in [0.3, 0.4) is 0 Å². The molecule has 0 aliphatic rings. The van der Waals surface area contributed by atoms with Gasteiger partial charge < -0.3 is 15.3 Å². The van der Waals surface area contributed by atoms with Crippen molar-refractivity contribution in [2.75, 3.05) is 5.32 Å². The topological polar surface area (TPSA) is 74.9 Å². The van der Waals surface area contributed by atoms with Crippen LogP contribution in [0.15, 0.2) is 42.7 Å². The van der Waals surface area contributed by atoms with Crippen LogP contribution in [-0.2, 0) is 13.1 Å². The number of alkyl halides is 3. The maximum absolute atomic E-state index is 12.5. The largest absolute Gasteiger partial charge is 0.573 e. The molecule has 7 nitrogen and oxygen atoms in total. The van der Waals surface area contributed by atoms with E-state index in [1.54, 1.807) is 35.1 Å². The van der Waals surface area contributed by atoms with Gasteiger partial charge in [0.1, 0.15) is 11.6 Å². The molecule has 3 rings (SSSR count). The van der Waals surface area contributed by atoms with Crippen molar-refractivity contribution in [2.45, 2.75) is 39.3 Å². The summed E-state index contributed by atoms with van der Waals surface area (Å²) in [5.41, 5.74) is 1.61. The van der Waals surface area contributed by atoms with Crippen molar-refractivity contribution < 1.29 is 23.1 Å². The number of rotatable bonds is 7. The Labute approximate surface area is 159 Å². The van der Waals surface area contributed by atoms with E-state index in [1.165, 1.54) is 17.2 Å². The molecule has 0 fully saturated rings. The van der Waals surface area contributed by atoms with E-state index in [4.69, 9.17) is 0 Å². The molecule has 0 saturated heterocycles. The maximum Gasteiger partial charge on any atom is 0.573 e. The Morgan fingerprint density at radius 2 is 1.96 bits per heavy atom. The number of nitrogens with one attached hydrogen (secondary N) is 1. The highest BCUT2D eigenvalue weighted by Gasteiger charge is 2.31. The molecule has 0 spiro atoms. The lowest BCUT2D eigenvalue weighted by atomic mass is 10.2. The van der Waals surface area contributed by atoms with Gasteiger partial charge in [-0.3, -0.25) is 0 Å². The van der Waals surface area contributed by atoms with Gasteiger partial charge in [-0.2, -0.15) is 10.2 Å². The van der Waals surface area contributed by atoms with Crippen LogP contribution in [0, 0.1) is 0 Å². The van der Waals surface area contributed by atoms with Gasteiger partial charge >= 0.3 is 6.36 Å². The van der Waals surface area contributed by atoms with Gasteiger partial charge in [0.25, 0.3) is 0 Å². The van der Waals surface area contributed by atoms with Gasteiger partial charge in [0.15, 0.2) is 5.65 Å². The van der Waals surface area contributed by atoms with Gasteiger partial charge in [0, 0.05) is 29.9 Å². The molecule has 2 heterocycles. The van der Waals surface area contributed by atoms with E-state index in [-0.39, 0.29) is 24.9 Å². The molecule has 10 heteroatoms. The van der Waals surface area contributed by atoms with Crippen LogP contribution in [0.1, 0.15) is 25.0 Å². The van der Waals surface area contributed by atoms with Crippen molar-refractivity contribution >= 4 is 11.5 Å². The van der Waals surface area contributed by atoms with Gasteiger partial charge in [-0.25, -0.2) is 9.50 Å².